The topological polar surface area (TPSA) is 33.6 Å². The summed E-state index contributed by atoms with van der Waals surface area (Å²) in [5.41, 5.74) is 1.01. The number of nitrogens with one attached hydrogen (secondary N) is 1. The van der Waals surface area contributed by atoms with Crippen LogP contribution in [0, 0.1) is 0 Å². The van der Waals surface area contributed by atoms with Gasteiger partial charge in [0.2, 0.25) is 5.88 Å². The SMILES string of the molecule is CNC1=CCC(C)=NO1. The van der Waals surface area contributed by atoms with E-state index < -0.39 is 0 Å². The minimum absolute atomic E-state index is 0.737. The van der Waals surface area contributed by atoms with E-state index in [0.29, 0.717) is 0 Å². The van der Waals surface area contributed by atoms with E-state index in [1.54, 1.807) is 0 Å². The van der Waals surface area contributed by atoms with Crippen molar-refractivity contribution < 1.29 is 4.84 Å². The minimum atomic E-state index is 0.737. The predicted octanol–water partition coefficient (Wildman–Crippen LogP) is 0.843. The normalized spacial score (nSPS) is 17.6. The van der Waals surface area contributed by atoms with Gasteiger partial charge in [-0.3, -0.25) is 0 Å². The summed E-state index contributed by atoms with van der Waals surface area (Å²) in [6.07, 6.45) is 2.85. The number of nitrogens with zero attached hydrogens (tertiary/aromatic N) is 1. The molecule has 3 heteroatoms. The molecule has 0 radical (unpaired) electrons. The van der Waals surface area contributed by atoms with Crippen LogP contribution in [0.5, 0.6) is 0 Å². The van der Waals surface area contributed by atoms with Crippen molar-refractivity contribution in [3.63, 3.8) is 0 Å². The van der Waals surface area contributed by atoms with Crippen LogP contribution in [0.4, 0.5) is 0 Å². The molecule has 0 spiro atoms. The van der Waals surface area contributed by atoms with Crippen molar-refractivity contribution in [2.45, 2.75) is 13.3 Å². The second-order valence-electron chi connectivity index (χ2n) is 1.94. The van der Waals surface area contributed by atoms with Crippen LogP contribution in [0.25, 0.3) is 0 Å². The number of hydrogen-bond donors (Lipinski definition) is 1. The van der Waals surface area contributed by atoms with Crippen molar-refractivity contribution in [2.75, 3.05) is 7.05 Å². The van der Waals surface area contributed by atoms with Gasteiger partial charge in [-0.15, -0.1) is 0 Å². The molecule has 9 heavy (non-hydrogen) atoms. The molecule has 0 aliphatic carbocycles. The molecule has 0 aromatic rings. The zero-order valence-electron chi connectivity index (χ0n) is 5.64. The molecule has 0 saturated carbocycles. The average molecular weight is 126 g/mol. The summed E-state index contributed by atoms with van der Waals surface area (Å²) < 4.78 is 0. The van der Waals surface area contributed by atoms with Crippen molar-refractivity contribution in [2.24, 2.45) is 5.16 Å². The lowest BCUT2D eigenvalue weighted by Crippen LogP contribution is -2.11. The van der Waals surface area contributed by atoms with Crippen molar-refractivity contribution in [1.29, 1.82) is 0 Å². The second-order valence-corrected chi connectivity index (χ2v) is 1.94. The quantitative estimate of drug-likeness (QED) is 0.565. The standard InChI is InChI=1S/C6H10N2O/c1-5-3-4-6(7-2)9-8-5/h4,7H,3H2,1-2H3. The third-order valence-corrected chi connectivity index (χ3v) is 1.13. The zero-order chi connectivity index (χ0) is 6.69. The molecule has 0 atom stereocenters. The van der Waals surface area contributed by atoms with Crippen molar-refractivity contribution in [3.8, 4) is 0 Å². The second kappa shape index (κ2) is 2.53. The Kier molecular flexibility index (Phi) is 1.72. The van der Waals surface area contributed by atoms with Crippen LogP contribution in [0.2, 0.25) is 0 Å². The Bertz CT molecular complexity index is 160. The monoisotopic (exact) mass is 126 g/mol. The van der Waals surface area contributed by atoms with Gasteiger partial charge in [0.1, 0.15) is 0 Å². The summed E-state index contributed by atoms with van der Waals surface area (Å²) in [5.74, 6) is 0.737. The zero-order valence-corrected chi connectivity index (χ0v) is 5.64. The Balaban J connectivity index is 2.48. The molecule has 0 aromatic heterocycles. The summed E-state index contributed by atoms with van der Waals surface area (Å²) in [7, 11) is 1.81. The van der Waals surface area contributed by atoms with Crippen molar-refractivity contribution >= 4 is 5.71 Å². The first-order valence-electron chi connectivity index (χ1n) is 2.91. The molecule has 1 aliphatic rings. The Morgan fingerprint density at radius 2 is 2.56 bits per heavy atom. The van der Waals surface area contributed by atoms with Crippen LogP contribution in [-0.4, -0.2) is 12.8 Å². The number of allylic oxidation sites excluding steroid dienone is 1. The summed E-state index contributed by atoms with van der Waals surface area (Å²) in [5, 5.41) is 6.62. The van der Waals surface area contributed by atoms with E-state index in [9.17, 15) is 0 Å². The third kappa shape index (κ3) is 1.45. The molecule has 3 nitrogen and oxygen atoms in total. The molecule has 0 aromatic carbocycles. The van der Waals surface area contributed by atoms with Crippen LogP contribution in [0.1, 0.15) is 13.3 Å². The molecular formula is C6H10N2O. The van der Waals surface area contributed by atoms with Crippen molar-refractivity contribution in [1.82, 2.24) is 5.32 Å². The van der Waals surface area contributed by atoms with Gasteiger partial charge in [-0.1, -0.05) is 5.16 Å². The third-order valence-electron chi connectivity index (χ3n) is 1.13. The summed E-state index contributed by atoms with van der Waals surface area (Å²) in [6, 6.07) is 0. The molecule has 0 fully saturated rings. The van der Waals surface area contributed by atoms with Gasteiger partial charge in [-0.05, 0) is 13.0 Å². The molecule has 1 aliphatic heterocycles. The first kappa shape index (κ1) is 6.13. The highest BCUT2D eigenvalue weighted by Gasteiger charge is 2.00. The largest absolute Gasteiger partial charge is 0.357 e. The van der Waals surface area contributed by atoms with Crippen molar-refractivity contribution in [3.05, 3.63) is 12.0 Å². The Labute approximate surface area is 54.4 Å². The molecule has 0 saturated heterocycles. The summed E-state index contributed by atoms with van der Waals surface area (Å²) >= 11 is 0. The molecule has 0 unspecified atom stereocenters. The Hall–Kier alpha value is -0.990. The summed E-state index contributed by atoms with van der Waals surface area (Å²) in [6.45, 7) is 1.93. The molecule has 1 heterocycles. The Morgan fingerprint density at radius 3 is 3.00 bits per heavy atom. The van der Waals surface area contributed by atoms with Gasteiger partial charge in [-0.2, -0.15) is 0 Å². The van der Waals surface area contributed by atoms with Gasteiger partial charge in [-0.25, -0.2) is 0 Å². The predicted molar refractivity (Wildman–Crippen MR) is 36.0 cm³/mol. The van der Waals surface area contributed by atoms with E-state index >= 15 is 0 Å². The van der Waals surface area contributed by atoms with E-state index in [4.69, 9.17) is 4.84 Å². The molecule has 1 N–H and O–H groups in total. The molecule has 1 rings (SSSR count). The van der Waals surface area contributed by atoms with Gasteiger partial charge < -0.3 is 10.2 Å². The van der Waals surface area contributed by atoms with E-state index in [1.807, 2.05) is 20.0 Å². The Morgan fingerprint density at radius 1 is 1.78 bits per heavy atom. The van der Waals surface area contributed by atoms with Gasteiger partial charge in [0.25, 0.3) is 0 Å². The van der Waals surface area contributed by atoms with Gasteiger partial charge in [0.15, 0.2) is 0 Å². The number of hydrogen-bond acceptors (Lipinski definition) is 3. The molecule has 50 valence electrons. The maximum Gasteiger partial charge on any atom is 0.219 e. The first-order valence-corrected chi connectivity index (χ1v) is 2.91. The minimum Gasteiger partial charge on any atom is -0.357 e. The number of oxime groups is 1. The first-order chi connectivity index (χ1) is 4.33. The lowest BCUT2D eigenvalue weighted by molar-refractivity contribution is 0.202. The maximum atomic E-state index is 4.88. The van der Waals surface area contributed by atoms with E-state index in [0.717, 1.165) is 18.0 Å². The number of rotatable bonds is 1. The highest BCUT2D eigenvalue weighted by molar-refractivity contribution is 5.83. The molecular weight excluding hydrogens is 116 g/mol. The smallest absolute Gasteiger partial charge is 0.219 e. The van der Waals surface area contributed by atoms with Gasteiger partial charge in [0, 0.05) is 13.5 Å². The highest BCUT2D eigenvalue weighted by atomic mass is 16.6. The lowest BCUT2D eigenvalue weighted by atomic mass is 10.3. The van der Waals surface area contributed by atoms with Crippen LogP contribution >= 0.6 is 0 Å². The van der Waals surface area contributed by atoms with E-state index in [1.165, 1.54) is 0 Å². The average Bonchev–Trinajstić information content (AvgIpc) is 1.90. The van der Waals surface area contributed by atoms with Gasteiger partial charge in [0.05, 0.1) is 5.71 Å². The summed E-state index contributed by atoms with van der Waals surface area (Å²) in [4.78, 5) is 4.88. The van der Waals surface area contributed by atoms with Crippen LogP contribution in [0.3, 0.4) is 0 Å². The van der Waals surface area contributed by atoms with E-state index in [2.05, 4.69) is 10.5 Å². The lowest BCUT2D eigenvalue weighted by Gasteiger charge is -2.08. The maximum absolute atomic E-state index is 4.88. The fraction of sp³-hybridized carbons (Fsp3) is 0.500. The highest BCUT2D eigenvalue weighted by Crippen LogP contribution is 2.03. The van der Waals surface area contributed by atoms with Crippen LogP contribution in [-0.2, 0) is 4.84 Å². The fourth-order valence-corrected chi connectivity index (χ4v) is 0.590. The fourth-order valence-electron chi connectivity index (χ4n) is 0.590. The van der Waals surface area contributed by atoms with Crippen LogP contribution in [0.15, 0.2) is 17.1 Å². The molecule has 0 bridgehead atoms. The molecule has 0 amide bonds. The van der Waals surface area contributed by atoms with E-state index in [-0.39, 0.29) is 0 Å². The van der Waals surface area contributed by atoms with Crippen LogP contribution < -0.4 is 5.32 Å². The van der Waals surface area contributed by atoms with Gasteiger partial charge >= 0.3 is 0 Å².